The summed E-state index contributed by atoms with van der Waals surface area (Å²) < 4.78 is 23.4. The molecule has 0 amide bonds. The van der Waals surface area contributed by atoms with Gasteiger partial charge in [0.1, 0.15) is 0 Å². The van der Waals surface area contributed by atoms with Crippen LogP contribution < -0.4 is 15.2 Å². The van der Waals surface area contributed by atoms with Gasteiger partial charge < -0.3 is 15.2 Å². The standard InChI is InChI=1S/C11H14FNO3/c1-6(13)10(14)7-4-5-8(15-2)9(12)11(7)16-3/h4-6H,13H2,1-3H3. The van der Waals surface area contributed by atoms with Crippen LogP contribution in [0.5, 0.6) is 11.5 Å². The van der Waals surface area contributed by atoms with Crippen molar-refractivity contribution in [2.45, 2.75) is 13.0 Å². The Morgan fingerprint density at radius 1 is 1.38 bits per heavy atom. The molecule has 1 rings (SSSR count). The molecule has 0 aromatic heterocycles. The second kappa shape index (κ2) is 4.94. The van der Waals surface area contributed by atoms with E-state index < -0.39 is 11.9 Å². The summed E-state index contributed by atoms with van der Waals surface area (Å²) in [5.74, 6) is -1.19. The van der Waals surface area contributed by atoms with Crippen molar-refractivity contribution in [1.82, 2.24) is 0 Å². The van der Waals surface area contributed by atoms with E-state index in [9.17, 15) is 9.18 Å². The number of hydrogen-bond acceptors (Lipinski definition) is 4. The van der Waals surface area contributed by atoms with Crippen molar-refractivity contribution in [2.75, 3.05) is 14.2 Å². The minimum Gasteiger partial charge on any atom is -0.494 e. The minimum atomic E-state index is -0.707. The van der Waals surface area contributed by atoms with E-state index in [2.05, 4.69) is 0 Å². The van der Waals surface area contributed by atoms with Gasteiger partial charge in [-0.25, -0.2) is 0 Å². The van der Waals surface area contributed by atoms with Crippen LogP contribution in [0, 0.1) is 5.82 Å². The van der Waals surface area contributed by atoms with Crippen molar-refractivity contribution < 1.29 is 18.7 Å². The summed E-state index contributed by atoms with van der Waals surface area (Å²) in [6.07, 6.45) is 0. The molecule has 1 aromatic rings. The van der Waals surface area contributed by atoms with Crippen LogP contribution in [-0.4, -0.2) is 26.0 Å². The van der Waals surface area contributed by atoms with Crippen molar-refractivity contribution in [3.05, 3.63) is 23.5 Å². The average Bonchev–Trinajstić information content (AvgIpc) is 2.27. The number of methoxy groups -OCH3 is 2. The molecular formula is C11H14FNO3. The first kappa shape index (κ1) is 12.4. The Balaban J connectivity index is 3.31. The lowest BCUT2D eigenvalue weighted by atomic mass is 10.0. The van der Waals surface area contributed by atoms with Crippen LogP contribution in [0.15, 0.2) is 12.1 Å². The van der Waals surface area contributed by atoms with Gasteiger partial charge in [0.25, 0.3) is 0 Å². The van der Waals surface area contributed by atoms with Gasteiger partial charge in [-0.2, -0.15) is 4.39 Å². The quantitative estimate of drug-likeness (QED) is 0.789. The van der Waals surface area contributed by atoms with E-state index in [0.717, 1.165) is 0 Å². The van der Waals surface area contributed by atoms with E-state index in [0.29, 0.717) is 0 Å². The molecule has 16 heavy (non-hydrogen) atoms. The number of halogens is 1. The van der Waals surface area contributed by atoms with Crippen LogP contribution in [0.4, 0.5) is 4.39 Å². The van der Waals surface area contributed by atoms with Crippen molar-refractivity contribution in [3.63, 3.8) is 0 Å². The summed E-state index contributed by atoms with van der Waals surface area (Å²) in [4.78, 5) is 11.7. The molecule has 2 N–H and O–H groups in total. The third kappa shape index (κ3) is 2.14. The van der Waals surface area contributed by atoms with Gasteiger partial charge in [0.05, 0.1) is 25.8 Å². The van der Waals surface area contributed by atoms with E-state index in [-0.39, 0.29) is 22.8 Å². The lowest BCUT2D eigenvalue weighted by Gasteiger charge is -2.12. The summed E-state index contributed by atoms with van der Waals surface area (Å²) in [6.45, 7) is 1.53. The largest absolute Gasteiger partial charge is 0.494 e. The fourth-order valence-corrected chi connectivity index (χ4v) is 1.33. The van der Waals surface area contributed by atoms with Gasteiger partial charge in [-0.15, -0.1) is 0 Å². The van der Waals surface area contributed by atoms with Gasteiger partial charge >= 0.3 is 0 Å². The van der Waals surface area contributed by atoms with Crippen LogP contribution in [0.3, 0.4) is 0 Å². The number of hydrogen-bond donors (Lipinski definition) is 1. The Morgan fingerprint density at radius 2 is 2.00 bits per heavy atom. The topological polar surface area (TPSA) is 61.5 Å². The van der Waals surface area contributed by atoms with Crippen molar-refractivity contribution in [2.24, 2.45) is 5.73 Å². The molecule has 0 fully saturated rings. The van der Waals surface area contributed by atoms with Crippen LogP contribution in [0.25, 0.3) is 0 Å². The maximum atomic E-state index is 13.7. The number of rotatable bonds is 4. The van der Waals surface area contributed by atoms with Crippen molar-refractivity contribution in [3.8, 4) is 11.5 Å². The van der Waals surface area contributed by atoms with Gasteiger partial charge in [-0.3, -0.25) is 4.79 Å². The molecule has 1 unspecified atom stereocenters. The maximum absolute atomic E-state index is 13.7. The van der Waals surface area contributed by atoms with Gasteiger partial charge in [0.2, 0.25) is 5.82 Å². The van der Waals surface area contributed by atoms with Gasteiger partial charge in [0.15, 0.2) is 17.3 Å². The molecule has 1 atom stereocenters. The monoisotopic (exact) mass is 227 g/mol. The molecule has 5 heteroatoms. The second-order valence-electron chi connectivity index (χ2n) is 3.32. The number of ether oxygens (including phenoxy) is 2. The lowest BCUT2D eigenvalue weighted by Crippen LogP contribution is -2.27. The van der Waals surface area contributed by atoms with E-state index in [1.165, 1.54) is 33.3 Å². The Kier molecular flexibility index (Phi) is 3.84. The zero-order valence-electron chi connectivity index (χ0n) is 9.41. The predicted octanol–water partition coefficient (Wildman–Crippen LogP) is 1.37. The molecular weight excluding hydrogens is 213 g/mol. The fraction of sp³-hybridized carbons (Fsp3) is 0.364. The zero-order chi connectivity index (χ0) is 12.3. The lowest BCUT2D eigenvalue weighted by molar-refractivity contribution is 0.0964. The molecule has 0 saturated heterocycles. The SMILES string of the molecule is COc1ccc(C(=O)C(C)N)c(OC)c1F. The fourth-order valence-electron chi connectivity index (χ4n) is 1.33. The second-order valence-corrected chi connectivity index (χ2v) is 3.32. The summed E-state index contributed by atoms with van der Waals surface area (Å²) in [5.41, 5.74) is 5.57. The molecule has 0 heterocycles. The maximum Gasteiger partial charge on any atom is 0.207 e. The Labute approximate surface area is 93.2 Å². The number of carbonyl (C=O) groups is 1. The predicted molar refractivity (Wildman–Crippen MR) is 57.5 cm³/mol. The molecule has 1 aromatic carbocycles. The molecule has 0 spiro atoms. The normalized spacial score (nSPS) is 12.1. The number of Topliss-reactive ketones (excluding diaryl/α,β-unsaturated/α-hetero) is 1. The molecule has 0 aliphatic heterocycles. The van der Waals surface area contributed by atoms with E-state index in [1.807, 2.05) is 0 Å². The zero-order valence-corrected chi connectivity index (χ0v) is 9.41. The molecule has 88 valence electrons. The Hall–Kier alpha value is -1.62. The van der Waals surface area contributed by atoms with Crippen molar-refractivity contribution in [1.29, 1.82) is 0 Å². The number of carbonyl (C=O) groups excluding carboxylic acids is 1. The first-order chi connectivity index (χ1) is 7.52. The number of nitrogens with two attached hydrogens (primary N) is 1. The molecule has 0 aliphatic carbocycles. The van der Waals surface area contributed by atoms with Crippen LogP contribution >= 0.6 is 0 Å². The molecule has 0 aliphatic rings. The number of ketones is 1. The molecule has 0 bridgehead atoms. The highest BCUT2D eigenvalue weighted by Gasteiger charge is 2.21. The van der Waals surface area contributed by atoms with Gasteiger partial charge in [-0.1, -0.05) is 0 Å². The summed E-state index contributed by atoms with van der Waals surface area (Å²) in [6, 6.07) is 2.10. The third-order valence-corrected chi connectivity index (χ3v) is 2.16. The summed E-state index contributed by atoms with van der Waals surface area (Å²) >= 11 is 0. The molecule has 0 saturated carbocycles. The van der Waals surface area contributed by atoms with Crippen LogP contribution in [-0.2, 0) is 0 Å². The first-order valence-electron chi connectivity index (χ1n) is 4.73. The molecule has 4 nitrogen and oxygen atoms in total. The van der Waals surface area contributed by atoms with Gasteiger partial charge in [0, 0.05) is 0 Å². The third-order valence-electron chi connectivity index (χ3n) is 2.16. The highest BCUT2D eigenvalue weighted by Crippen LogP contribution is 2.30. The van der Waals surface area contributed by atoms with E-state index >= 15 is 0 Å². The van der Waals surface area contributed by atoms with Crippen LogP contribution in [0.1, 0.15) is 17.3 Å². The Morgan fingerprint density at radius 3 is 2.44 bits per heavy atom. The molecule has 0 radical (unpaired) electrons. The van der Waals surface area contributed by atoms with Gasteiger partial charge in [-0.05, 0) is 19.1 Å². The highest BCUT2D eigenvalue weighted by molar-refractivity contribution is 6.02. The summed E-state index contributed by atoms with van der Waals surface area (Å²) in [7, 11) is 2.63. The minimum absolute atomic E-state index is 0.0260. The average molecular weight is 227 g/mol. The van der Waals surface area contributed by atoms with E-state index in [1.54, 1.807) is 0 Å². The first-order valence-corrected chi connectivity index (χ1v) is 4.73. The smallest absolute Gasteiger partial charge is 0.207 e. The summed E-state index contributed by atoms with van der Waals surface area (Å²) in [5, 5.41) is 0. The Bertz CT molecular complexity index is 404. The highest BCUT2D eigenvalue weighted by atomic mass is 19.1. The number of benzene rings is 1. The van der Waals surface area contributed by atoms with Crippen molar-refractivity contribution >= 4 is 5.78 Å². The van der Waals surface area contributed by atoms with Crippen LogP contribution in [0.2, 0.25) is 0 Å². The van der Waals surface area contributed by atoms with E-state index in [4.69, 9.17) is 15.2 Å².